The Morgan fingerprint density at radius 1 is 1.54 bits per heavy atom. The standard InChI is InChI=1S/C9H11BrO3/c1-13-8-4-2-3-6(10)9(8)7(12)5-11/h2-4,7,11-12H,5H2,1H3. The summed E-state index contributed by atoms with van der Waals surface area (Å²) in [5.41, 5.74) is 0.576. The molecular weight excluding hydrogens is 236 g/mol. The van der Waals surface area contributed by atoms with E-state index in [0.717, 1.165) is 4.47 Å². The number of benzene rings is 1. The predicted molar refractivity (Wildman–Crippen MR) is 52.7 cm³/mol. The lowest BCUT2D eigenvalue weighted by atomic mass is 10.1. The molecule has 0 heterocycles. The molecule has 0 saturated carbocycles. The normalized spacial score (nSPS) is 12.6. The van der Waals surface area contributed by atoms with Crippen LogP contribution in [0.3, 0.4) is 0 Å². The van der Waals surface area contributed by atoms with Gasteiger partial charge in [0.2, 0.25) is 0 Å². The summed E-state index contributed by atoms with van der Waals surface area (Å²) in [5.74, 6) is 0.566. The van der Waals surface area contributed by atoms with E-state index in [0.29, 0.717) is 11.3 Å². The third kappa shape index (κ3) is 2.21. The number of ether oxygens (including phenoxy) is 1. The van der Waals surface area contributed by atoms with Crippen LogP contribution in [-0.2, 0) is 0 Å². The maximum atomic E-state index is 9.46. The van der Waals surface area contributed by atoms with Gasteiger partial charge in [0.1, 0.15) is 11.9 Å². The summed E-state index contributed by atoms with van der Waals surface area (Å²) in [4.78, 5) is 0. The average molecular weight is 247 g/mol. The molecule has 0 fully saturated rings. The van der Waals surface area contributed by atoms with Gasteiger partial charge in [-0.1, -0.05) is 22.0 Å². The average Bonchev–Trinajstić information content (AvgIpc) is 2.16. The first-order valence-corrected chi connectivity index (χ1v) is 4.61. The number of halogens is 1. The fraction of sp³-hybridized carbons (Fsp3) is 0.333. The predicted octanol–water partition coefficient (Wildman–Crippen LogP) is 1.48. The molecule has 1 aromatic carbocycles. The molecule has 0 spiro atoms. The SMILES string of the molecule is COc1cccc(Br)c1C(O)CO. The Hall–Kier alpha value is -0.580. The lowest BCUT2D eigenvalue weighted by Gasteiger charge is -2.13. The van der Waals surface area contributed by atoms with E-state index in [1.165, 1.54) is 7.11 Å². The first-order valence-electron chi connectivity index (χ1n) is 3.82. The van der Waals surface area contributed by atoms with Gasteiger partial charge in [0, 0.05) is 10.0 Å². The van der Waals surface area contributed by atoms with Gasteiger partial charge in [-0.25, -0.2) is 0 Å². The Kier molecular flexibility index (Phi) is 3.71. The van der Waals surface area contributed by atoms with Crippen molar-refractivity contribution in [2.75, 3.05) is 13.7 Å². The van der Waals surface area contributed by atoms with Gasteiger partial charge in [-0.3, -0.25) is 0 Å². The van der Waals surface area contributed by atoms with Crippen molar-refractivity contribution in [1.82, 2.24) is 0 Å². The van der Waals surface area contributed by atoms with Crippen molar-refractivity contribution in [2.24, 2.45) is 0 Å². The molecular formula is C9H11BrO3. The summed E-state index contributed by atoms with van der Waals surface area (Å²) < 4.78 is 5.78. The van der Waals surface area contributed by atoms with Crippen LogP contribution >= 0.6 is 15.9 Å². The van der Waals surface area contributed by atoms with Gasteiger partial charge < -0.3 is 14.9 Å². The fourth-order valence-corrected chi connectivity index (χ4v) is 1.72. The quantitative estimate of drug-likeness (QED) is 0.850. The topological polar surface area (TPSA) is 49.7 Å². The van der Waals surface area contributed by atoms with Gasteiger partial charge >= 0.3 is 0 Å². The van der Waals surface area contributed by atoms with Crippen LogP contribution < -0.4 is 4.74 Å². The van der Waals surface area contributed by atoms with E-state index in [1.54, 1.807) is 18.2 Å². The van der Waals surface area contributed by atoms with E-state index in [4.69, 9.17) is 9.84 Å². The van der Waals surface area contributed by atoms with Crippen molar-refractivity contribution in [1.29, 1.82) is 0 Å². The van der Waals surface area contributed by atoms with Crippen LogP contribution in [0, 0.1) is 0 Å². The van der Waals surface area contributed by atoms with Gasteiger partial charge in [0.25, 0.3) is 0 Å². The highest BCUT2D eigenvalue weighted by molar-refractivity contribution is 9.10. The Labute approximate surface area is 85.1 Å². The number of hydrogen-bond acceptors (Lipinski definition) is 3. The largest absolute Gasteiger partial charge is 0.496 e. The molecule has 0 aromatic heterocycles. The second kappa shape index (κ2) is 4.60. The lowest BCUT2D eigenvalue weighted by molar-refractivity contribution is 0.0928. The summed E-state index contributed by atoms with van der Waals surface area (Å²) in [6, 6.07) is 5.33. The monoisotopic (exact) mass is 246 g/mol. The molecule has 13 heavy (non-hydrogen) atoms. The first-order chi connectivity index (χ1) is 6.20. The van der Waals surface area contributed by atoms with Crippen molar-refractivity contribution in [3.05, 3.63) is 28.2 Å². The molecule has 1 atom stereocenters. The molecule has 0 aliphatic rings. The molecule has 4 heteroatoms. The smallest absolute Gasteiger partial charge is 0.125 e. The summed E-state index contributed by atoms with van der Waals surface area (Å²) in [6.07, 6.45) is -0.912. The minimum Gasteiger partial charge on any atom is -0.496 e. The van der Waals surface area contributed by atoms with E-state index in [9.17, 15) is 5.11 Å². The van der Waals surface area contributed by atoms with Crippen LogP contribution in [0.25, 0.3) is 0 Å². The number of aliphatic hydroxyl groups is 2. The number of aliphatic hydroxyl groups excluding tert-OH is 2. The zero-order chi connectivity index (χ0) is 9.84. The van der Waals surface area contributed by atoms with Crippen LogP contribution in [-0.4, -0.2) is 23.9 Å². The molecule has 1 unspecified atom stereocenters. The van der Waals surface area contributed by atoms with Crippen molar-refractivity contribution in [3.8, 4) is 5.75 Å². The van der Waals surface area contributed by atoms with E-state index in [1.807, 2.05) is 0 Å². The van der Waals surface area contributed by atoms with E-state index in [-0.39, 0.29) is 6.61 Å². The highest BCUT2D eigenvalue weighted by Gasteiger charge is 2.15. The third-order valence-corrected chi connectivity index (χ3v) is 2.43. The molecule has 2 N–H and O–H groups in total. The van der Waals surface area contributed by atoms with Gasteiger partial charge in [-0.05, 0) is 12.1 Å². The van der Waals surface area contributed by atoms with Gasteiger partial charge in [-0.15, -0.1) is 0 Å². The number of hydrogen-bond donors (Lipinski definition) is 2. The Balaban J connectivity index is 3.14. The second-order valence-electron chi connectivity index (χ2n) is 2.55. The zero-order valence-electron chi connectivity index (χ0n) is 7.20. The van der Waals surface area contributed by atoms with Gasteiger partial charge in [0.15, 0.2) is 0 Å². The molecule has 0 saturated heterocycles. The third-order valence-electron chi connectivity index (χ3n) is 1.74. The summed E-state index contributed by atoms with van der Waals surface area (Å²) in [5, 5.41) is 18.3. The van der Waals surface area contributed by atoms with Crippen LogP contribution in [0.15, 0.2) is 22.7 Å². The van der Waals surface area contributed by atoms with Crippen LogP contribution in [0.2, 0.25) is 0 Å². The second-order valence-corrected chi connectivity index (χ2v) is 3.41. The molecule has 0 aliphatic heterocycles. The Bertz CT molecular complexity index is 288. The molecule has 1 aromatic rings. The maximum Gasteiger partial charge on any atom is 0.125 e. The highest BCUT2D eigenvalue weighted by Crippen LogP contribution is 2.31. The van der Waals surface area contributed by atoms with Gasteiger partial charge in [0.05, 0.1) is 13.7 Å². The molecule has 0 bridgehead atoms. The number of rotatable bonds is 3. The van der Waals surface area contributed by atoms with Crippen molar-refractivity contribution in [3.63, 3.8) is 0 Å². The minimum absolute atomic E-state index is 0.320. The minimum atomic E-state index is -0.912. The van der Waals surface area contributed by atoms with E-state index < -0.39 is 6.10 Å². The van der Waals surface area contributed by atoms with Crippen molar-refractivity contribution < 1.29 is 14.9 Å². The fourth-order valence-electron chi connectivity index (χ4n) is 1.11. The molecule has 72 valence electrons. The molecule has 0 amide bonds. The Morgan fingerprint density at radius 2 is 2.23 bits per heavy atom. The highest BCUT2D eigenvalue weighted by atomic mass is 79.9. The molecule has 0 radical (unpaired) electrons. The number of methoxy groups -OCH3 is 1. The van der Waals surface area contributed by atoms with Gasteiger partial charge in [-0.2, -0.15) is 0 Å². The lowest BCUT2D eigenvalue weighted by Crippen LogP contribution is -2.05. The van der Waals surface area contributed by atoms with Crippen molar-refractivity contribution >= 4 is 15.9 Å². The summed E-state index contributed by atoms with van der Waals surface area (Å²) in [7, 11) is 1.52. The van der Waals surface area contributed by atoms with E-state index in [2.05, 4.69) is 15.9 Å². The molecule has 0 aliphatic carbocycles. The molecule has 3 nitrogen and oxygen atoms in total. The Morgan fingerprint density at radius 3 is 2.77 bits per heavy atom. The van der Waals surface area contributed by atoms with Crippen LogP contribution in [0.5, 0.6) is 5.75 Å². The summed E-state index contributed by atoms with van der Waals surface area (Å²) in [6.45, 7) is -0.320. The maximum absolute atomic E-state index is 9.46. The molecule has 1 rings (SSSR count). The van der Waals surface area contributed by atoms with Crippen LogP contribution in [0.4, 0.5) is 0 Å². The van der Waals surface area contributed by atoms with E-state index >= 15 is 0 Å². The van der Waals surface area contributed by atoms with Crippen LogP contribution in [0.1, 0.15) is 11.7 Å². The van der Waals surface area contributed by atoms with Crippen molar-refractivity contribution in [2.45, 2.75) is 6.10 Å². The summed E-state index contributed by atoms with van der Waals surface area (Å²) >= 11 is 3.28. The zero-order valence-corrected chi connectivity index (χ0v) is 8.78. The first kappa shape index (κ1) is 10.5.